The van der Waals surface area contributed by atoms with E-state index in [1.54, 1.807) is 0 Å². The number of anilines is 2. The van der Waals surface area contributed by atoms with Gasteiger partial charge in [0.1, 0.15) is 10.8 Å². The van der Waals surface area contributed by atoms with E-state index in [0.29, 0.717) is 12.4 Å². The third-order valence-corrected chi connectivity index (χ3v) is 4.71. The number of hydrogen-bond acceptors (Lipinski definition) is 5. The topological polar surface area (TPSA) is 71.2 Å². The Kier molecular flexibility index (Phi) is 3.63. The molecule has 0 saturated heterocycles. The van der Waals surface area contributed by atoms with Crippen molar-refractivity contribution >= 4 is 22.4 Å². The zero-order valence-electron chi connectivity index (χ0n) is 11.3. The minimum Gasteiger partial charge on any atom is -0.388 e. The van der Waals surface area contributed by atoms with Crippen LogP contribution in [0.4, 0.5) is 10.8 Å². The van der Waals surface area contributed by atoms with Crippen LogP contribution < -0.4 is 11.1 Å². The fraction of sp³-hybridized carbons (Fsp3) is 0.400. The second-order valence-corrected chi connectivity index (χ2v) is 6.20. The summed E-state index contributed by atoms with van der Waals surface area (Å²) in [7, 11) is 0. The molecule has 1 aliphatic carbocycles. The van der Waals surface area contributed by atoms with Crippen LogP contribution in [-0.4, -0.2) is 21.6 Å². The zero-order chi connectivity index (χ0) is 14.0. The molecule has 1 heterocycles. The number of nitrogens with zero attached hydrogens (tertiary/aromatic N) is 1. The molecule has 1 saturated carbocycles. The van der Waals surface area contributed by atoms with Gasteiger partial charge in [0.2, 0.25) is 0 Å². The van der Waals surface area contributed by atoms with Gasteiger partial charge in [0.25, 0.3) is 0 Å². The van der Waals surface area contributed by atoms with Gasteiger partial charge in [-0.15, -0.1) is 0 Å². The predicted molar refractivity (Wildman–Crippen MR) is 83.9 cm³/mol. The molecule has 4 N–H and O–H groups in total. The number of nitrogens with one attached hydrogen (secondary N) is 1. The molecule has 4 nitrogen and oxygen atoms in total. The Bertz CT molecular complexity index is 576. The highest BCUT2D eigenvalue weighted by molar-refractivity contribution is 7.11. The number of nitrogens with two attached hydrogens (primary N) is 1. The molecule has 0 radical (unpaired) electrons. The smallest absolute Gasteiger partial charge is 0.147 e. The molecule has 1 aromatic heterocycles. The lowest BCUT2D eigenvalue weighted by atomic mass is 10.0. The van der Waals surface area contributed by atoms with E-state index in [1.165, 1.54) is 11.5 Å². The molecule has 0 atom stereocenters. The molecule has 0 spiro atoms. The SMILES string of the molecule is Nc1nsc(NCC2(O)CCCC2)c1-c1ccccc1. The summed E-state index contributed by atoms with van der Waals surface area (Å²) in [5, 5.41) is 14.7. The third kappa shape index (κ3) is 2.64. The van der Waals surface area contributed by atoms with E-state index in [0.717, 1.165) is 41.8 Å². The first-order valence-electron chi connectivity index (χ1n) is 6.95. The van der Waals surface area contributed by atoms with Crippen LogP contribution in [-0.2, 0) is 0 Å². The number of nitrogen functional groups attached to an aromatic ring is 1. The lowest BCUT2D eigenvalue weighted by Crippen LogP contribution is -2.33. The second-order valence-electron chi connectivity index (χ2n) is 5.42. The van der Waals surface area contributed by atoms with E-state index in [1.807, 2.05) is 30.3 Å². The molecule has 0 amide bonds. The summed E-state index contributed by atoms with van der Waals surface area (Å²) in [5.41, 5.74) is 7.41. The molecule has 0 unspecified atom stereocenters. The first kappa shape index (κ1) is 13.4. The second kappa shape index (κ2) is 5.42. The first-order chi connectivity index (χ1) is 9.68. The summed E-state index contributed by atoms with van der Waals surface area (Å²) < 4.78 is 4.24. The van der Waals surface area contributed by atoms with Crippen LogP contribution in [0.3, 0.4) is 0 Å². The van der Waals surface area contributed by atoms with Crippen molar-refractivity contribution in [2.75, 3.05) is 17.6 Å². The van der Waals surface area contributed by atoms with Crippen LogP contribution in [0.2, 0.25) is 0 Å². The molecule has 1 aliphatic rings. The molecule has 0 aliphatic heterocycles. The van der Waals surface area contributed by atoms with E-state index in [-0.39, 0.29) is 0 Å². The maximum atomic E-state index is 10.4. The quantitative estimate of drug-likeness (QED) is 0.808. The number of rotatable bonds is 4. The Morgan fingerprint density at radius 3 is 2.65 bits per heavy atom. The van der Waals surface area contributed by atoms with Crippen molar-refractivity contribution in [1.29, 1.82) is 0 Å². The number of benzene rings is 1. The van der Waals surface area contributed by atoms with E-state index < -0.39 is 5.60 Å². The van der Waals surface area contributed by atoms with Crippen molar-refractivity contribution in [3.8, 4) is 11.1 Å². The van der Waals surface area contributed by atoms with Crippen molar-refractivity contribution in [2.45, 2.75) is 31.3 Å². The molecule has 106 valence electrons. The van der Waals surface area contributed by atoms with E-state index >= 15 is 0 Å². The molecule has 3 rings (SSSR count). The van der Waals surface area contributed by atoms with Crippen molar-refractivity contribution in [1.82, 2.24) is 4.37 Å². The Balaban J connectivity index is 1.81. The summed E-state index contributed by atoms with van der Waals surface area (Å²) in [5.74, 6) is 0.544. The van der Waals surface area contributed by atoms with Crippen LogP contribution in [0, 0.1) is 0 Å². The number of aromatic nitrogens is 1. The Hall–Kier alpha value is -1.59. The predicted octanol–water partition coefficient (Wildman–Crippen LogP) is 3.11. The maximum Gasteiger partial charge on any atom is 0.147 e. The molecule has 5 heteroatoms. The summed E-state index contributed by atoms with van der Waals surface area (Å²) in [4.78, 5) is 0. The molecular weight excluding hydrogens is 270 g/mol. The van der Waals surface area contributed by atoms with Crippen LogP contribution in [0.5, 0.6) is 0 Å². The van der Waals surface area contributed by atoms with Gasteiger partial charge in [-0.25, -0.2) is 0 Å². The standard InChI is InChI=1S/C15H19N3OS/c16-13-12(11-6-2-1-3-7-11)14(20-18-13)17-10-15(19)8-4-5-9-15/h1-3,6-7,17,19H,4-5,8-10H2,(H2,16,18). The summed E-state index contributed by atoms with van der Waals surface area (Å²) in [6.07, 6.45) is 3.95. The fourth-order valence-electron chi connectivity index (χ4n) is 2.76. The first-order valence-corrected chi connectivity index (χ1v) is 7.72. The van der Waals surface area contributed by atoms with Crippen LogP contribution in [0.1, 0.15) is 25.7 Å². The van der Waals surface area contributed by atoms with Gasteiger partial charge in [-0.05, 0) is 29.9 Å². The highest BCUT2D eigenvalue weighted by Gasteiger charge is 2.31. The number of hydrogen-bond donors (Lipinski definition) is 3. The van der Waals surface area contributed by atoms with Gasteiger partial charge >= 0.3 is 0 Å². The minimum absolute atomic E-state index is 0.544. The van der Waals surface area contributed by atoms with Crippen LogP contribution in [0.25, 0.3) is 11.1 Å². The Labute approximate surface area is 122 Å². The average Bonchev–Trinajstić information content (AvgIpc) is 3.05. The van der Waals surface area contributed by atoms with E-state index in [2.05, 4.69) is 9.69 Å². The van der Waals surface area contributed by atoms with Gasteiger partial charge in [-0.1, -0.05) is 43.2 Å². The zero-order valence-corrected chi connectivity index (χ0v) is 12.1. The molecule has 0 bridgehead atoms. The molecular formula is C15H19N3OS. The van der Waals surface area contributed by atoms with Crippen LogP contribution in [0.15, 0.2) is 30.3 Å². The van der Waals surface area contributed by atoms with E-state index in [4.69, 9.17) is 5.73 Å². The molecule has 20 heavy (non-hydrogen) atoms. The van der Waals surface area contributed by atoms with Gasteiger partial charge in [0, 0.05) is 6.54 Å². The lowest BCUT2D eigenvalue weighted by molar-refractivity contribution is 0.0615. The number of aliphatic hydroxyl groups is 1. The monoisotopic (exact) mass is 289 g/mol. The van der Waals surface area contributed by atoms with Crippen molar-refractivity contribution in [3.63, 3.8) is 0 Å². The maximum absolute atomic E-state index is 10.4. The largest absolute Gasteiger partial charge is 0.388 e. The third-order valence-electron chi connectivity index (χ3n) is 3.89. The van der Waals surface area contributed by atoms with Crippen molar-refractivity contribution < 1.29 is 5.11 Å². The molecule has 1 aromatic carbocycles. The normalized spacial score (nSPS) is 17.2. The van der Waals surface area contributed by atoms with Crippen molar-refractivity contribution in [3.05, 3.63) is 30.3 Å². The molecule has 1 fully saturated rings. The average molecular weight is 289 g/mol. The summed E-state index contributed by atoms with van der Waals surface area (Å²) >= 11 is 1.36. The highest BCUT2D eigenvalue weighted by Crippen LogP contribution is 2.38. The summed E-state index contributed by atoms with van der Waals surface area (Å²) in [6.45, 7) is 0.564. The Morgan fingerprint density at radius 2 is 1.95 bits per heavy atom. The van der Waals surface area contributed by atoms with Crippen LogP contribution >= 0.6 is 11.5 Å². The van der Waals surface area contributed by atoms with Gasteiger partial charge in [-0.2, -0.15) is 4.37 Å². The summed E-state index contributed by atoms with van der Waals surface area (Å²) in [6, 6.07) is 10.0. The highest BCUT2D eigenvalue weighted by atomic mass is 32.1. The van der Waals surface area contributed by atoms with Gasteiger partial charge in [0.15, 0.2) is 0 Å². The van der Waals surface area contributed by atoms with Crippen molar-refractivity contribution in [2.24, 2.45) is 0 Å². The molecule has 2 aromatic rings. The van der Waals surface area contributed by atoms with E-state index in [9.17, 15) is 5.11 Å². The Morgan fingerprint density at radius 1 is 1.25 bits per heavy atom. The minimum atomic E-state index is -0.577. The van der Waals surface area contributed by atoms with Gasteiger partial charge < -0.3 is 16.2 Å². The lowest BCUT2D eigenvalue weighted by Gasteiger charge is -2.22. The fourth-order valence-corrected chi connectivity index (χ4v) is 3.49. The van der Waals surface area contributed by atoms with Gasteiger partial charge in [-0.3, -0.25) is 0 Å². The van der Waals surface area contributed by atoms with Gasteiger partial charge in [0.05, 0.1) is 11.2 Å².